The lowest BCUT2D eigenvalue weighted by atomic mass is 10.0. The Morgan fingerprint density at radius 2 is 2.07 bits per heavy atom. The summed E-state index contributed by atoms with van der Waals surface area (Å²) in [6, 6.07) is 12.1. The molecule has 0 aliphatic carbocycles. The largest absolute Gasteiger partial charge is 0.493 e. The van der Waals surface area contributed by atoms with Crippen LogP contribution < -0.4 is 14.8 Å². The number of thioether (sulfide) groups is 1. The van der Waals surface area contributed by atoms with Crippen molar-refractivity contribution >= 4 is 23.5 Å². The average Bonchev–Trinajstić information content (AvgIpc) is 2.98. The first-order valence-electron chi connectivity index (χ1n) is 9.05. The molecule has 1 aromatic heterocycles. The Bertz CT molecular complexity index is 1050. The van der Waals surface area contributed by atoms with Gasteiger partial charge in [-0.05, 0) is 12.1 Å². The van der Waals surface area contributed by atoms with Crippen molar-refractivity contribution in [1.29, 1.82) is 0 Å². The standard InChI is InChI=1S/C21H20FN3O3S/c1-25-21-15(10-23-25)20(29-12-18(26)24-21)14-7-5-9-17(27-2)19(14)28-11-13-6-3-4-8-16(13)22/h3-10,20H,11-12H2,1-2H3,(H,24,26). The molecule has 1 atom stereocenters. The summed E-state index contributed by atoms with van der Waals surface area (Å²) in [5.74, 6) is 1.63. The first kappa shape index (κ1) is 19.3. The van der Waals surface area contributed by atoms with Crippen molar-refractivity contribution < 1.29 is 18.7 Å². The lowest BCUT2D eigenvalue weighted by molar-refractivity contribution is -0.113. The third kappa shape index (κ3) is 3.80. The molecule has 4 rings (SSSR count). The van der Waals surface area contributed by atoms with E-state index in [1.165, 1.54) is 17.8 Å². The number of carbonyl (C=O) groups is 1. The number of benzene rings is 2. The van der Waals surface area contributed by atoms with Gasteiger partial charge in [0.1, 0.15) is 18.2 Å². The van der Waals surface area contributed by atoms with Gasteiger partial charge in [0.25, 0.3) is 0 Å². The van der Waals surface area contributed by atoms with Crippen molar-refractivity contribution in [2.75, 3.05) is 18.2 Å². The molecule has 0 saturated carbocycles. The van der Waals surface area contributed by atoms with Crippen LogP contribution in [0, 0.1) is 5.82 Å². The van der Waals surface area contributed by atoms with Crippen molar-refractivity contribution in [3.63, 3.8) is 0 Å². The SMILES string of the molecule is COc1cccc(C2SCC(=O)Nc3c2cnn3C)c1OCc1ccccc1F. The number of nitrogens with zero attached hydrogens (tertiary/aromatic N) is 2. The summed E-state index contributed by atoms with van der Waals surface area (Å²) < 4.78 is 27.3. The number of methoxy groups -OCH3 is 1. The van der Waals surface area contributed by atoms with Gasteiger partial charge in [-0.1, -0.05) is 30.3 Å². The zero-order valence-electron chi connectivity index (χ0n) is 16.0. The van der Waals surface area contributed by atoms with Gasteiger partial charge in [0.15, 0.2) is 11.5 Å². The molecule has 1 aliphatic rings. The molecule has 29 heavy (non-hydrogen) atoms. The fraction of sp³-hybridized carbons (Fsp3) is 0.238. The van der Waals surface area contributed by atoms with E-state index in [0.29, 0.717) is 28.6 Å². The monoisotopic (exact) mass is 413 g/mol. The number of carbonyl (C=O) groups excluding carboxylic acids is 1. The Labute approximate surface area is 172 Å². The number of para-hydroxylation sites is 1. The van der Waals surface area contributed by atoms with Crippen LogP contribution >= 0.6 is 11.8 Å². The normalized spacial score (nSPS) is 16.0. The Kier molecular flexibility index (Phi) is 5.44. The number of anilines is 1. The smallest absolute Gasteiger partial charge is 0.235 e. The van der Waals surface area contributed by atoms with Crippen LogP contribution in [0.2, 0.25) is 0 Å². The third-order valence-electron chi connectivity index (χ3n) is 4.73. The highest BCUT2D eigenvalue weighted by Gasteiger charge is 2.30. The van der Waals surface area contributed by atoms with E-state index >= 15 is 0 Å². The summed E-state index contributed by atoms with van der Waals surface area (Å²) in [7, 11) is 3.35. The van der Waals surface area contributed by atoms with Crippen LogP contribution in [0.15, 0.2) is 48.7 Å². The molecule has 2 heterocycles. The predicted octanol–water partition coefficient (Wildman–Crippen LogP) is 3.92. The molecule has 0 radical (unpaired) electrons. The number of halogens is 1. The Hall–Kier alpha value is -3.00. The summed E-state index contributed by atoms with van der Waals surface area (Å²) in [5.41, 5.74) is 2.18. The van der Waals surface area contributed by atoms with E-state index in [1.807, 2.05) is 12.1 Å². The molecule has 1 aliphatic heterocycles. The number of aryl methyl sites for hydroxylation is 1. The second-order valence-electron chi connectivity index (χ2n) is 6.57. The molecule has 0 spiro atoms. The molecule has 3 aromatic rings. The number of hydrogen-bond donors (Lipinski definition) is 1. The molecular weight excluding hydrogens is 393 g/mol. The van der Waals surface area contributed by atoms with Gasteiger partial charge in [0, 0.05) is 23.7 Å². The lowest BCUT2D eigenvalue weighted by Crippen LogP contribution is -2.15. The van der Waals surface area contributed by atoms with Crippen LogP contribution in [0.1, 0.15) is 21.9 Å². The number of fused-ring (bicyclic) bond motifs is 1. The number of amides is 1. The van der Waals surface area contributed by atoms with Crippen molar-refractivity contribution in [3.05, 3.63) is 71.2 Å². The maximum Gasteiger partial charge on any atom is 0.235 e. The van der Waals surface area contributed by atoms with Crippen molar-refractivity contribution in [2.45, 2.75) is 11.9 Å². The van der Waals surface area contributed by atoms with Crippen molar-refractivity contribution in [1.82, 2.24) is 9.78 Å². The topological polar surface area (TPSA) is 65.4 Å². The predicted molar refractivity (Wildman–Crippen MR) is 110 cm³/mol. The van der Waals surface area contributed by atoms with E-state index in [9.17, 15) is 9.18 Å². The van der Waals surface area contributed by atoms with Gasteiger partial charge in [-0.3, -0.25) is 9.48 Å². The minimum atomic E-state index is -0.322. The van der Waals surface area contributed by atoms with E-state index in [0.717, 1.165) is 11.1 Å². The van der Waals surface area contributed by atoms with Gasteiger partial charge >= 0.3 is 0 Å². The fourth-order valence-electron chi connectivity index (χ4n) is 3.29. The molecule has 8 heteroatoms. The molecule has 0 bridgehead atoms. The summed E-state index contributed by atoms with van der Waals surface area (Å²) in [6.07, 6.45) is 1.75. The van der Waals surface area contributed by atoms with Crippen LogP contribution in [0.3, 0.4) is 0 Å². The minimum absolute atomic E-state index is 0.0640. The average molecular weight is 413 g/mol. The Morgan fingerprint density at radius 1 is 1.24 bits per heavy atom. The molecule has 0 fully saturated rings. The molecule has 1 N–H and O–H groups in total. The van der Waals surface area contributed by atoms with E-state index in [1.54, 1.807) is 49.3 Å². The van der Waals surface area contributed by atoms with Crippen LogP contribution in [0.4, 0.5) is 10.2 Å². The van der Waals surface area contributed by atoms with Crippen LogP contribution in [-0.4, -0.2) is 28.6 Å². The van der Waals surface area contributed by atoms with E-state index < -0.39 is 0 Å². The lowest BCUT2D eigenvalue weighted by Gasteiger charge is -2.20. The summed E-state index contributed by atoms with van der Waals surface area (Å²) >= 11 is 1.48. The minimum Gasteiger partial charge on any atom is -0.493 e. The molecule has 2 aromatic carbocycles. The quantitative estimate of drug-likeness (QED) is 0.687. The molecule has 1 unspecified atom stereocenters. The molecule has 1 amide bonds. The van der Waals surface area contributed by atoms with E-state index in [2.05, 4.69) is 10.4 Å². The first-order chi connectivity index (χ1) is 14.1. The second-order valence-corrected chi connectivity index (χ2v) is 7.66. The third-order valence-corrected chi connectivity index (χ3v) is 6.00. The molecular formula is C21H20FN3O3S. The van der Waals surface area contributed by atoms with E-state index in [-0.39, 0.29) is 23.6 Å². The summed E-state index contributed by atoms with van der Waals surface area (Å²) in [6.45, 7) is 0.0640. The maximum atomic E-state index is 14.1. The van der Waals surface area contributed by atoms with Gasteiger partial charge in [-0.15, -0.1) is 11.8 Å². The van der Waals surface area contributed by atoms with Crippen molar-refractivity contribution in [2.24, 2.45) is 7.05 Å². The number of ether oxygens (including phenoxy) is 2. The number of aromatic nitrogens is 2. The highest BCUT2D eigenvalue weighted by atomic mass is 32.2. The van der Waals surface area contributed by atoms with Crippen LogP contribution in [-0.2, 0) is 18.4 Å². The Balaban J connectivity index is 1.74. The van der Waals surface area contributed by atoms with Gasteiger partial charge in [-0.25, -0.2) is 4.39 Å². The number of rotatable bonds is 5. The summed E-state index contributed by atoms with van der Waals surface area (Å²) in [5, 5.41) is 7.01. The fourth-order valence-corrected chi connectivity index (χ4v) is 4.40. The van der Waals surface area contributed by atoms with E-state index in [4.69, 9.17) is 9.47 Å². The highest BCUT2D eigenvalue weighted by molar-refractivity contribution is 8.00. The second kappa shape index (κ2) is 8.16. The highest BCUT2D eigenvalue weighted by Crippen LogP contribution is 2.47. The van der Waals surface area contributed by atoms with Crippen LogP contribution in [0.25, 0.3) is 0 Å². The van der Waals surface area contributed by atoms with Gasteiger partial charge < -0.3 is 14.8 Å². The zero-order chi connectivity index (χ0) is 20.4. The Morgan fingerprint density at radius 3 is 2.86 bits per heavy atom. The maximum absolute atomic E-state index is 14.1. The molecule has 0 saturated heterocycles. The number of nitrogens with one attached hydrogen (secondary N) is 1. The van der Waals surface area contributed by atoms with Gasteiger partial charge in [0.2, 0.25) is 5.91 Å². The zero-order valence-corrected chi connectivity index (χ0v) is 16.8. The molecule has 6 nitrogen and oxygen atoms in total. The summed E-state index contributed by atoms with van der Waals surface area (Å²) in [4.78, 5) is 12.2. The first-order valence-corrected chi connectivity index (χ1v) is 10.1. The van der Waals surface area contributed by atoms with Crippen LogP contribution in [0.5, 0.6) is 11.5 Å². The van der Waals surface area contributed by atoms with Gasteiger partial charge in [-0.2, -0.15) is 5.10 Å². The van der Waals surface area contributed by atoms with Crippen molar-refractivity contribution in [3.8, 4) is 11.5 Å². The number of hydrogen-bond acceptors (Lipinski definition) is 5. The molecule has 150 valence electrons. The van der Waals surface area contributed by atoms with Gasteiger partial charge in [0.05, 0.1) is 24.3 Å².